The topological polar surface area (TPSA) is 65.7 Å². The molecule has 0 aliphatic carbocycles. The Kier molecular flexibility index (Phi) is 10.3. The average molecular weight is 517 g/mol. The molecule has 3 heterocycles. The Labute approximate surface area is 189 Å². The summed E-state index contributed by atoms with van der Waals surface area (Å²) in [5.74, 6) is 1.87. The quantitative estimate of drug-likeness (QED) is 0.315. The number of furan rings is 1. The van der Waals surface area contributed by atoms with Crippen LogP contribution in [0.15, 0.2) is 34.0 Å². The van der Waals surface area contributed by atoms with Gasteiger partial charge in [-0.3, -0.25) is 9.89 Å². The van der Waals surface area contributed by atoms with Crippen LogP contribution in [0.4, 0.5) is 0 Å². The van der Waals surface area contributed by atoms with E-state index in [1.165, 1.54) is 24.1 Å². The number of aryl methyl sites for hydroxylation is 1. The number of aliphatic imine (C=N–C) groups is 1. The highest BCUT2D eigenvalue weighted by atomic mass is 127. The Morgan fingerprint density at radius 2 is 2.14 bits per heavy atom. The summed E-state index contributed by atoms with van der Waals surface area (Å²) in [7, 11) is 0. The molecule has 2 aromatic heterocycles. The van der Waals surface area contributed by atoms with E-state index in [1.54, 1.807) is 17.6 Å². The number of halogens is 1. The minimum absolute atomic E-state index is 0. The molecule has 8 heteroatoms. The molecule has 1 atom stereocenters. The second kappa shape index (κ2) is 12.4. The predicted octanol–water partition coefficient (Wildman–Crippen LogP) is 3.99. The van der Waals surface area contributed by atoms with Crippen LogP contribution in [0.1, 0.15) is 47.9 Å². The Morgan fingerprint density at radius 3 is 2.79 bits per heavy atom. The number of rotatable bonds is 8. The van der Waals surface area contributed by atoms with Crippen molar-refractivity contribution >= 4 is 41.3 Å². The van der Waals surface area contributed by atoms with Crippen molar-refractivity contribution in [1.29, 1.82) is 0 Å². The Hall–Kier alpha value is -1.13. The third kappa shape index (κ3) is 7.04. The monoisotopic (exact) mass is 517 g/mol. The molecule has 6 nitrogen and oxygen atoms in total. The molecule has 28 heavy (non-hydrogen) atoms. The molecule has 1 saturated heterocycles. The molecular weight excluding hydrogens is 485 g/mol. The number of aromatic nitrogens is 1. The van der Waals surface area contributed by atoms with E-state index in [0.29, 0.717) is 6.54 Å². The van der Waals surface area contributed by atoms with Gasteiger partial charge in [-0.1, -0.05) is 6.42 Å². The van der Waals surface area contributed by atoms with Crippen LogP contribution in [-0.4, -0.2) is 48.6 Å². The van der Waals surface area contributed by atoms with E-state index in [9.17, 15) is 0 Å². The molecule has 0 saturated carbocycles. The predicted molar refractivity (Wildman–Crippen MR) is 127 cm³/mol. The van der Waals surface area contributed by atoms with E-state index in [2.05, 4.69) is 40.4 Å². The van der Waals surface area contributed by atoms with Crippen LogP contribution in [0.5, 0.6) is 0 Å². The number of guanidine groups is 1. The first kappa shape index (κ1) is 23.2. The largest absolute Gasteiger partial charge is 0.468 e. The first-order chi connectivity index (χ1) is 13.3. The van der Waals surface area contributed by atoms with Crippen molar-refractivity contribution in [2.75, 3.05) is 32.7 Å². The normalized spacial score (nSPS) is 16.4. The molecule has 2 aromatic rings. The third-order valence-corrected chi connectivity index (χ3v) is 5.74. The standard InChI is InChI=1S/C20H31N5OS.HI/c1-3-21-20(22-10-9-19-23-14-16(2)27-19)24-15-17(18-8-7-13-26-18)25-11-5-4-6-12-25;/h7-8,13-14,17H,3-6,9-12,15H2,1-2H3,(H2,21,22,24);1H. The maximum Gasteiger partial charge on any atom is 0.191 e. The lowest BCUT2D eigenvalue weighted by Crippen LogP contribution is -2.40. The zero-order valence-electron chi connectivity index (χ0n) is 16.8. The fourth-order valence-corrected chi connectivity index (χ4v) is 4.21. The fraction of sp³-hybridized carbons (Fsp3) is 0.600. The van der Waals surface area contributed by atoms with Crippen molar-refractivity contribution in [2.45, 2.75) is 45.6 Å². The number of hydrogen-bond acceptors (Lipinski definition) is 5. The van der Waals surface area contributed by atoms with Crippen LogP contribution >= 0.6 is 35.3 Å². The molecule has 1 fully saturated rings. The van der Waals surface area contributed by atoms with Gasteiger partial charge in [-0.25, -0.2) is 4.98 Å². The molecule has 156 valence electrons. The summed E-state index contributed by atoms with van der Waals surface area (Å²) in [6, 6.07) is 4.24. The van der Waals surface area contributed by atoms with E-state index in [0.717, 1.165) is 49.3 Å². The van der Waals surface area contributed by atoms with Crippen LogP contribution in [0.2, 0.25) is 0 Å². The summed E-state index contributed by atoms with van der Waals surface area (Å²) in [5.41, 5.74) is 0. The molecule has 1 aliphatic rings. The minimum atomic E-state index is 0. The molecule has 2 N–H and O–H groups in total. The maximum atomic E-state index is 5.72. The van der Waals surface area contributed by atoms with Gasteiger partial charge in [-0.05, 0) is 51.9 Å². The number of hydrogen-bond donors (Lipinski definition) is 2. The van der Waals surface area contributed by atoms with Crippen LogP contribution < -0.4 is 10.6 Å². The number of piperidine rings is 1. The smallest absolute Gasteiger partial charge is 0.191 e. The molecular formula is C20H32IN5OS. The zero-order chi connectivity index (χ0) is 18.9. The second-order valence-electron chi connectivity index (χ2n) is 6.89. The lowest BCUT2D eigenvalue weighted by atomic mass is 10.1. The van der Waals surface area contributed by atoms with Gasteiger partial charge in [-0.2, -0.15) is 0 Å². The summed E-state index contributed by atoms with van der Waals surface area (Å²) in [6.07, 6.45) is 8.45. The first-order valence-electron chi connectivity index (χ1n) is 9.97. The molecule has 0 amide bonds. The van der Waals surface area contributed by atoms with Crippen molar-refractivity contribution in [3.05, 3.63) is 40.2 Å². The zero-order valence-corrected chi connectivity index (χ0v) is 20.0. The summed E-state index contributed by atoms with van der Waals surface area (Å²) in [6.45, 7) is 8.79. The van der Waals surface area contributed by atoms with Crippen LogP contribution in [0, 0.1) is 6.92 Å². The highest BCUT2D eigenvalue weighted by Crippen LogP contribution is 2.25. The summed E-state index contributed by atoms with van der Waals surface area (Å²) >= 11 is 1.76. The molecule has 1 aliphatic heterocycles. The van der Waals surface area contributed by atoms with Gasteiger partial charge in [0.15, 0.2) is 5.96 Å². The fourth-order valence-electron chi connectivity index (χ4n) is 3.42. The number of nitrogens with zero attached hydrogens (tertiary/aromatic N) is 3. The SMILES string of the molecule is CCNC(=NCC(c1ccco1)N1CCCCC1)NCCc1ncc(C)s1.I. The van der Waals surface area contributed by atoms with Gasteiger partial charge in [0, 0.05) is 30.6 Å². The lowest BCUT2D eigenvalue weighted by molar-refractivity contribution is 0.150. The van der Waals surface area contributed by atoms with Crippen LogP contribution in [0.25, 0.3) is 0 Å². The van der Waals surface area contributed by atoms with Crippen molar-refractivity contribution in [3.63, 3.8) is 0 Å². The molecule has 1 unspecified atom stereocenters. The lowest BCUT2D eigenvalue weighted by Gasteiger charge is -2.32. The highest BCUT2D eigenvalue weighted by molar-refractivity contribution is 14.0. The minimum Gasteiger partial charge on any atom is -0.468 e. The number of nitrogens with one attached hydrogen (secondary N) is 2. The Balaban J connectivity index is 0.00000280. The summed E-state index contributed by atoms with van der Waals surface area (Å²) in [5, 5.41) is 7.95. The van der Waals surface area contributed by atoms with Crippen molar-refractivity contribution < 1.29 is 4.42 Å². The molecule has 0 aromatic carbocycles. The second-order valence-corrected chi connectivity index (χ2v) is 8.21. The van der Waals surface area contributed by atoms with Crippen molar-refractivity contribution in [2.24, 2.45) is 4.99 Å². The van der Waals surface area contributed by atoms with E-state index in [1.807, 2.05) is 12.3 Å². The van der Waals surface area contributed by atoms with Gasteiger partial charge < -0.3 is 15.1 Å². The molecule has 0 bridgehead atoms. The summed E-state index contributed by atoms with van der Waals surface area (Å²) in [4.78, 5) is 13.0. The highest BCUT2D eigenvalue weighted by Gasteiger charge is 2.24. The Bertz CT molecular complexity index is 697. The van der Waals surface area contributed by atoms with E-state index in [4.69, 9.17) is 9.41 Å². The van der Waals surface area contributed by atoms with Gasteiger partial charge in [0.1, 0.15) is 5.76 Å². The van der Waals surface area contributed by atoms with E-state index in [-0.39, 0.29) is 30.0 Å². The third-order valence-electron chi connectivity index (χ3n) is 4.77. The van der Waals surface area contributed by atoms with Gasteiger partial charge >= 0.3 is 0 Å². The molecule has 0 radical (unpaired) electrons. The maximum absolute atomic E-state index is 5.72. The summed E-state index contributed by atoms with van der Waals surface area (Å²) < 4.78 is 5.72. The van der Waals surface area contributed by atoms with Gasteiger partial charge in [-0.15, -0.1) is 35.3 Å². The Morgan fingerprint density at radius 1 is 1.32 bits per heavy atom. The number of thiazole rings is 1. The van der Waals surface area contributed by atoms with Crippen LogP contribution in [-0.2, 0) is 6.42 Å². The van der Waals surface area contributed by atoms with Crippen LogP contribution in [0.3, 0.4) is 0 Å². The van der Waals surface area contributed by atoms with Gasteiger partial charge in [0.2, 0.25) is 0 Å². The number of likely N-dealkylation sites (tertiary alicyclic amines) is 1. The average Bonchev–Trinajstić information content (AvgIpc) is 3.35. The van der Waals surface area contributed by atoms with E-state index < -0.39 is 0 Å². The first-order valence-corrected chi connectivity index (χ1v) is 10.8. The van der Waals surface area contributed by atoms with Crippen molar-refractivity contribution in [1.82, 2.24) is 20.5 Å². The molecule has 0 spiro atoms. The van der Waals surface area contributed by atoms with E-state index >= 15 is 0 Å². The van der Waals surface area contributed by atoms with Gasteiger partial charge in [0.25, 0.3) is 0 Å². The van der Waals surface area contributed by atoms with Crippen molar-refractivity contribution in [3.8, 4) is 0 Å². The van der Waals surface area contributed by atoms with Gasteiger partial charge in [0.05, 0.1) is 23.9 Å². The molecule has 3 rings (SSSR count).